The van der Waals surface area contributed by atoms with E-state index in [0.29, 0.717) is 6.42 Å². The Labute approximate surface area is 112 Å². The van der Waals surface area contributed by atoms with Crippen LogP contribution < -0.4 is 11.3 Å². The van der Waals surface area contributed by atoms with Gasteiger partial charge in [-0.05, 0) is 24.1 Å². The van der Waals surface area contributed by atoms with Crippen LogP contribution in [-0.2, 0) is 16.3 Å². The summed E-state index contributed by atoms with van der Waals surface area (Å²) in [5.74, 6) is 5.46. The van der Waals surface area contributed by atoms with Crippen LogP contribution in [0.15, 0.2) is 36.5 Å². The van der Waals surface area contributed by atoms with E-state index in [9.17, 15) is 8.42 Å². The fourth-order valence-corrected chi connectivity index (χ4v) is 3.07. The van der Waals surface area contributed by atoms with Crippen LogP contribution in [0.5, 0.6) is 0 Å². The number of aromatic nitrogens is 1. The summed E-state index contributed by atoms with van der Waals surface area (Å²) in [6.45, 7) is 0. The van der Waals surface area contributed by atoms with Gasteiger partial charge in [-0.2, -0.15) is 0 Å². The minimum atomic E-state index is -3.07. The van der Waals surface area contributed by atoms with Crippen molar-refractivity contribution in [3.05, 3.63) is 42.1 Å². The van der Waals surface area contributed by atoms with Crippen molar-refractivity contribution < 1.29 is 8.42 Å². The van der Waals surface area contributed by atoms with Gasteiger partial charge >= 0.3 is 0 Å². The Morgan fingerprint density at radius 2 is 2.05 bits per heavy atom. The maximum Gasteiger partial charge on any atom is 0.149 e. The molecule has 102 valence electrons. The van der Waals surface area contributed by atoms with Gasteiger partial charge in [0.15, 0.2) is 0 Å². The molecule has 2 aromatic rings. The standard InChI is InChI=1S/C13H17N3O2S/c1-19(17,18)9-11(16-14)8-10-6-7-15-13-5-3-2-4-12(10)13/h2-7,11,16H,8-9,14H2,1H3. The largest absolute Gasteiger partial charge is 0.271 e. The lowest BCUT2D eigenvalue weighted by molar-refractivity contribution is 0.547. The van der Waals surface area contributed by atoms with E-state index >= 15 is 0 Å². The first-order chi connectivity index (χ1) is 8.99. The quantitative estimate of drug-likeness (QED) is 0.620. The van der Waals surface area contributed by atoms with Crippen molar-refractivity contribution in [1.29, 1.82) is 0 Å². The van der Waals surface area contributed by atoms with Crippen LogP contribution in [0.4, 0.5) is 0 Å². The Kier molecular flexibility index (Phi) is 4.14. The molecule has 1 aromatic carbocycles. The Balaban J connectivity index is 2.29. The maximum atomic E-state index is 11.3. The molecule has 0 spiro atoms. The smallest absolute Gasteiger partial charge is 0.149 e. The van der Waals surface area contributed by atoms with Crippen molar-refractivity contribution in [1.82, 2.24) is 10.4 Å². The highest BCUT2D eigenvalue weighted by atomic mass is 32.2. The molecule has 0 aliphatic carbocycles. The number of fused-ring (bicyclic) bond motifs is 1. The number of benzene rings is 1. The van der Waals surface area contributed by atoms with Crippen molar-refractivity contribution in [2.75, 3.05) is 12.0 Å². The molecule has 1 atom stereocenters. The average molecular weight is 279 g/mol. The fourth-order valence-electron chi connectivity index (χ4n) is 2.13. The number of hydrogen-bond acceptors (Lipinski definition) is 5. The van der Waals surface area contributed by atoms with E-state index in [4.69, 9.17) is 5.84 Å². The summed E-state index contributed by atoms with van der Waals surface area (Å²) in [5.41, 5.74) is 4.51. The van der Waals surface area contributed by atoms with Crippen molar-refractivity contribution in [3.63, 3.8) is 0 Å². The van der Waals surface area contributed by atoms with Gasteiger partial charge in [0.05, 0.1) is 11.3 Å². The molecule has 0 saturated heterocycles. The van der Waals surface area contributed by atoms with E-state index < -0.39 is 9.84 Å². The van der Waals surface area contributed by atoms with Crippen molar-refractivity contribution in [2.45, 2.75) is 12.5 Å². The Morgan fingerprint density at radius 1 is 1.32 bits per heavy atom. The van der Waals surface area contributed by atoms with Crippen LogP contribution in [0.25, 0.3) is 10.9 Å². The average Bonchev–Trinajstić information content (AvgIpc) is 2.37. The number of sulfone groups is 1. The third kappa shape index (κ3) is 3.73. The van der Waals surface area contributed by atoms with E-state index in [-0.39, 0.29) is 11.8 Å². The molecule has 0 amide bonds. The Hall–Kier alpha value is -1.50. The lowest BCUT2D eigenvalue weighted by Crippen LogP contribution is -2.41. The molecule has 1 unspecified atom stereocenters. The number of nitrogens with zero attached hydrogens (tertiary/aromatic N) is 1. The van der Waals surface area contributed by atoms with Gasteiger partial charge in [0.1, 0.15) is 9.84 Å². The molecule has 3 N–H and O–H groups in total. The van der Waals surface area contributed by atoms with Gasteiger partial charge in [-0.3, -0.25) is 16.3 Å². The van der Waals surface area contributed by atoms with E-state index in [1.54, 1.807) is 6.20 Å². The van der Waals surface area contributed by atoms with Crippen LogP contribution in [0.1, 0.15) is 5.56 Å². The summed E-state index contributed by atoms with van der Waals surface area (Å²) >= 11 is 0. The normalized spacial score (nSPS) is 13.6. The molecule has 0 aliphatic rings. The number of hydrazine groups is 1. The third-order valence-corrected chi connectivity index (χ3v) is 3.95. The zero-order chi connectivity index (χ0) is 13.9. The number of hydrogen-bond donors (Lipinski definition) is 2. The monoisotopic (exact) mass is 279 g/mol. The molecule has 0 saturated carbocycles. The molecule has 0 radical (unpaired) electrons. The number of nitrogens with two attached hydrogens (primary N) is 1. The zero-order valence-electron chi connectivity index (χ0n) is 10.7. The highest BCUT2D eigenvalue weighted by Crippen LogP contribution is 2.17. The Bertz CT molecular complexity index is 665. The van der Waals surface area contributed by atoms with Crippen molar-refractivity contribution >= 4 is 20.7 Å². The molecule has 6 heteroatoms. The first kappa shape index (κ1) is 13.9. The fraction of sp³-hybridized carbons (Fsp3) is 0.308. The van der Waals surface area contributed by atoms with Crippen molar-refractivity contribution in [2.24, 2.45) is 5.84 Å². The molecule has 1 heterocycles. The minimum absolute atomic E-state index is 0.0140. The molecule has 0 bridgehead atoms. The topological polar surface area (TPSA) is 85.1 Å². The van der Waals surface area contributed by atoms with Gasteiger partial charge in [0, 0.05) is 23.9 Å². The highest BCUT2D eigenvalue weighted by molar-refractivity contribution is 7.90. The van der Waals surface area contributed by atoms with Gasteiger partial charge in [-0.1, -0.05) is 18.2 Å². The third-order valence-electron chi connectivity index (χ3n) is 2.95. The van der Waals surface area contributed by atoms with Gasteiger partial charge in [0.25, 0.3) is 0 Å². The van der Waals surface area contributed by atoms with E-state index in [2.05, 4.69) is 10.4 Å². The zero-order valence-corrected chi connectivity index (χ0v) is 11.5. The highest BCUT2D eigenvalue weighted by Gasteiger charge is 2.15. The summed E-state index contributed by atoms with van der Waals surface area (Å²) in [4.78, 5) is 4.28. The van der Waals surface area contributed by atoms with E-state index in [1.807, 2.05) is 30.3 Å². The van der Waals surface area contributed by atoms with Crippen LogP contribution >= 0.6 is 0 Å². The van der Waals surface area contributed by atoms with Gasteiger partial charge in [0.2, 0.25) is 0 Å². The molecule has 19 heavy (non-hydrogen) atoms. The van der Waals surface area contributed by atoms with Gasteiger partial charge in [-0.15, -0.1) is 0 Å². The summed E-state index contributed by atoms with van der Waals surface area (Å²) in [6.07, 6.45) is 3.49. The van der Waals surface area contributed by atoms with Crippen molar-refractivity contribution in [3.8, 4) is 0 Å². The molecule has 2 rings (SSSR count). The van der Waals surface area contributed by atoms with Crippen LogP contribution in [0.2, 0.25) is 0 Å². The van der Waals surface area contributed by atoms with Crippen LogP contribution in [0, 0.1) is 0 Å². The lowest BCUT2D eigenvalue weighted by Gasteiger charge is -2.15. The number of rotatable bonds is 5. The van der Waals surface area contributed by atoms with Gasteiger partial charge < -0.3 is 0 Å². The number of para-hydroxylation sites is 1. The predicted molar refractivity (Wildman–Crippen MR) is 76.3 cm³/mol. The summed E-state index contributed by atoms with van der Waals surface area (Å²) in [6, 6.07) is 9.37. The molecule has 5 nitrogen and oxygen atoms in total. The van der Waals surface area contributed by atoms with Crippen LogP contribution in [-0.4, -0.2) is 31.5 Å². The second-order valence-corrected chi connectivity index (χ2v) is 6.83. The van der Waals surface area contributed by atoms with Gasteiger partial charge in [-0.25, -0.2) is 8.42 Å². The van der Waals surface area contributed by atoms with E-state index in [1.165, 1.54) is 6.26 Å². The number of pyridine rings is 1. The Morgan fingerprint density at radius 3 is 2.74 bits per heavy atom. The summed E-state index contributed by atoms with van der Waals surface area (Å²) in [7, 11) is -3.07. The number of nitrogens with one attached hydrogen (secondary N) is 1. The first-order valence-corrected chi connectivity index (χ1v) is 8.02. The lowest BCUT2D eigenvalue weighted by atomic mass is 10.0. The predicted octanol–water partition coefficient (Wildman–Crippen LogP) is 0.654. The van der Waals surface area contributed by atoms with Crippen LogP contribution in [0.3, 0.4) is 0 Å². The molecular weight excluding hydrogens is 262 g/mol. The summed E-state index contributed by atoms with van der Waals surface area (Å²) < 4.78 is 22.7. The molecule has 0 aliphatic heterocycles. The maximum absolute atomic E-state index is 11.3. The summed E-state index contributed by atoms with van der Waals surface area (Å²) in [5, 5.41) is 1.03. The second-order valence-electron chi connectivity index (χ2n) is 4.65. The van der Waals surface area contributed by atoms with E-state index in [0.717, 1.165) is 16.5 Å². The molecular formula is C13H17N3O2S. The SMILES string of the molecule is CS(=O)(=O)CC(Cc1ccnc2ccccc12)NN. The second kappa shape index (κ2) is 5.64. The molecule has 1 aromatic heterocycles. The minimum Gasteiger partial charge on any atom is -0.271 e. The first-order valence-electron chi connectivity index (χ1n) is 5.96. The molecule has 0 fully saturated rings.